The molecule has 30 heteroatoms. The average Bonchev–Trinajstić information content (AvgIpc) is 1.55. The number of hydrogen-bond donors (Lipinski definition) is 2. The van der Waals surface area contributed by atoms with Crippen LogP contribution in [0.3, 0.4) is 0 Å². The van der Waals surface area contributed by atoms with Crippen LogP contribution in [0.15, 0.2) is 12.2 Å². The normalized spacial score (nSPS) is 30.8. The molecule has 0 aromatic heterocycles. The zero-order valence-electron chi connectivity index (χ0n) is 67.9. The third-order valence-corrected chi connectivity index (χ3v) is 25.0. The fraction of sp³-hybridized carbons (Fsp3) is 0.823. The van der Waals surface area contributed by atoms with Crippen LogP contribution in [-0.4, -0.2) is 308 Å². The molecule has 2 saturated heterocycles. The summed E-state index contributed by atoms with van der Waals surface area (Å²) < 4.78 is 60.7. The minimum atomic E-state index is -4.52. The lowest BCUT2D eigenvalue weighted by Gasteiger charge is -2.51. The van der Waals surface area contributed by atoms with Crippen molar-refractivity contribution in [1.29, 1.82) is 0 Å². The first-order valence-electron chi connectivity index (χ1n) is 40.3. The molecule has 0 aromatic carbocycles. The second kappa shape index (κ2) is 40.0. The summed E-state index contributed by atoms with van der Waals surface area (Å²) in [6.07, 6.45) is 4.07. The van der Waals surface area contributed by atoms with E-state index in [9.17, 15) is 22.8 Å². The minimum absolute atomic E-state index is 0.00889. The van der Waals surface area contributed by atoms with E-state index in [1.165, 1.54) is 103 Å². The van der Waals surface area contributed by atoms with E-state index in [4.69, 9.17) is 14.2 Å². The fourth-order valence-electron chi connectivity index (χ4n) is 17.3. The number of nitrogens with zero attached hydrogens (tertiary/aromatic N) is 10. The monoisotopic (exact) mass is 1540 g/mol. The number of alkyl halides is 3. The highest BCUT2D eigenvalue weighted by molar-refractivity contribution is 6.01. The third-order valence-electron chi connectivity index (χ3n) is 25.0. The van der Waals surface area contributed by atoms with Gasteiger partial charge in [0.05, 0.1) is 37.7 Å². The number of nitrogens with one attached hydrogen (secondary N) is 2. The second-order valence-corrected chi connectivity index (χ2v) is 32.5. The van der Waals surface area contributed by atoms with Gasteiger partial charge in [-0.05, 0) is 126 Å². The maximum atomic E-state index is 15.8. The zero-order valence-corrected chi connectivity index (χ0v) is 67.9. The van der Waals surface area contributed by atoms with Gasteiger partial charge >= 0.3 is 6.18 Å². The summed E-state index contributed by atoms with van der Waals surface area (Å²) >= 11 is 0. The van der Waals surface area contributed by atoms with E-state index in [-0.39, 0.29) is 109 Å². The van der Waals surface area contributed by atoms with Gasteiger partial charge in [-0.3, -0.25) is 57.5 Å². The number of amides is 12. The average molecular weight is 1540 g/mol. The van der Waals surface area contributed by atoms with Crippen molar-refractivity contribution in [2.75, 3.05) is 109 Å². The molecule has 3 unspecified atom stereocenters. The first kappa shape index (κ1) is 89.3. The van der Waals surface area contributed by atoms with Crippen LogP contribution in [0.4, 0.5) is 13.2 Å². The van der Waals surface area contributed by atoms with Gasteiger partial charge < -0.3 is 73.8 Å². The standard InChI is InChI=1S/C79H129F3N12O15/c1-17-40-108-48-62-69(98)84-67(50(7)18-2)75(104)93(54-33-34-54)47-66(97)87(11)58-26-23-22-24-39-92(74(58)103)60(41-51-29-27-49(6)28-30-51)72(101)86(10)46-64(95)83-57(36-32-52-31-35-56(79(80,81)82)63(42-52)107-16)70(99)94-45-55(109-21-5)43-61(94)73(102)91(15)78(37-25-38-78)77(106)90(14)68(53(19-3)20-4)76(105)89(13)59(71(100)85(8)9)44-65(96)88(62)12/h22-23,49-63,67-68H,17-21,24-48H2,1-16H3,(H,83,95)(H,84,98)/b23-22-/t49?,50-,51?,52?,55+,56?,57-,58-,59-,60-,61-,62-,63?,67-,68-/m0/s1. The summed E-state index contributed by atoms with van der Waals surface area (Å²) in [5.41, 5.74) is -1.57. The Balaban J connectivity index is 1.35. The largest absolute Gasteiger partial charge is 0.394 e. The van der Waals surface area contributed by atoms with Crippen LogP contribution in [-0.2, 0) is 71.7 Å². The van der Waals surface area contributed by atoms with Crippen molar-refractivity contribution < 1.29 is 84.9 Å². The van der Waals surface area contributed by atoms with Crippen molar-refractivity contribution >= 4 is 70.9 Å². The van der Waals surface area contributed by atoms with Gasteiger partial charge in [0.2, 0.25) is 70.9 Å². The Hall–Kier alpha value is -6.95. The summed E-state index contributed by atoms with van der Waals surface area (Å²) in [5.74, 6) is -10.6. The van der Waals surface area contributed by atoms with Crippen LogP contribution >= 0.6 is 0 Å². The molecule has 7 aliphatic rings. The van der Waals surface area contributed by atoms with Crippen LogP contribution in [0.2, 0.25) is 0 Å². The molecular weight excluding hydrogens is 1410 g/mol. The molecule has 0 radical (unpaired) electrons. The number of hydrogen-bond acceptors (Lipinski definition) is 15. The van der Waals surface area contributed by atoms with Crippen LogP contribution in [0, 0.1) is 35.5 Å². The molecule has 2 bridgehead atoms. The van der Waals surface area contributed by atoms with Gasteiger partial charge in [0.1, 0.15) is 60.4 Å². The maximum absolute atomic E-state index is 15.8. The van der Waals surface area contributed by atoms with Gasteiger partial charge in [-0.15, -0.1) is 0 Å². The smallest absolute Gasteiger partial charge is 0.381 e. The number of methoxy groups -OCH3 is 1. The molecule has 13 atom stereocenters. The summed E-state index contributed by atoms with van der Waals surface area (Å²) in [6, 6.07) is -10.8. The topological polar surface area (TPSA) is 289 Å². The number of rotatable bonds is 19. The Kier molecular flexibility index (Phi) is 32.7. The van der Waals surface area contributed by atoms with E-state index in [1.807, 2.05) is 39.8 Å². The molecule has 3 heterocycles. The quantitative estimate of drug-likeness (QED) is 0.110. The van der Waals surface area contributed by atoms with E-state index < -0.39 is 186 Å². The molecule has 1 spiro atoms. The van der Waals surface area contributed by atoms with Crippen molar-refractivity contribution in [3.05, 3.63) is 12.2 Å². The number of carbonyl (C=O) groups is 12. The predicted octanol–water partition coefficient (Wildman–Crippen LogP) is 6.04. The maximum Gasteiger partial charge on any atom is 0.394 e. The fourth-order valence-corrected chi connectivity index (χ4v) is 17.3. The van der Waals surface area contributed by atoms with Crippen molar-refractivity contribution in [2.24, 2.45) is 35.5 Å². The Bertz CT molecular complexity index is 3200. The van der Waals surface area contributed by atoms with E-state index in [2.05, 4.69) is 17.6 Å². The molecule has 2 N–H and O–H groups in total. The molecule has 109 heavy (non-hydrogen) atoms. The predicted molar refractivity (Wildman–Crippen MR) is 402 cm³/mol. The van der Waals surface area contributed by atoms with Gasteiger partial charge in [0, 0.05) is 102 Å². The second-order valence-electron chi connectivity index (χ2n) is 32.5. The van der Waals surface area contributed by atoms with Crippen molar-refractivity contribution in [3.63, 3.8) is 0 Å². The Morgan fingerprint density at radius 2 is 1.34 bits per heavy atom. The van der Waals surface area contributed by atoms with Crippen molar-refractivity contribution in [2.45, 2.75) is 274 Å². The summed E-state index contributed by atoms with van der Waals surface area (Å²) in [4.78, 5) is 197. The first-order chi connectivity index (χ1) is 51.5. The molecule has 6 fully saturated rings. The van der Waals surface area contributed by atoms with Gasteiger partial charge in [-0.2, -0.15) is 13.2 Å². The number of ether oxygens (including phenoxy) is 3. The lowest BCUT2D eigenvalue weighted by Crippen LogP contribution is -2.68. The summed E-state index contributed by atoms with van der Waals surface area (Å²) in [6.45, 7) is 12.0. The van der Waals surface area contributed by atoms with E-state index in [1.54, 1.807) is 13.8 Å². The zero-order chi connectivity index (χ0) is 80.7. The molecule has 12 amide bonds. The number of likely N-dealkylation sites (N-methyl/N-ethyl adjacent to an activating group) is 7. The van der Waals surface area contributed by atoms with Crippen molar-refractivity contribution in [3.8, 4) is 0 Å². The lowest BCUT2D eigenvalue weighted by atomic mass is 9.73. The molecule has 4 aliphatic carbocycles. The number of fused-ring (bicyclic) bond motifs is 3. The highest BCUT2D eigenvalue weighted by atomic mass is 19.4. The Morgan fingerprint density at radius 3 is 1.92 bits per heavy atom. The molecule has 616 valence electrons. The van der Waals surface area contributed by atoms with E-state index in [0.717, 1.165) is 35.5 Å². The molecule has 3 aliphatic heterocycles. The van der Waals surface area contributed by atoms with Gasteiger partial charge in [0.15, 0.2) is 0 Å². The minimum Gasteiger partial charge on any atom is -0.381 e. The van der Waals surface area contributed by atoms with Crippen LogP contribution in [0.5, 0.6) is 0 Å². The lowest BCUT2D eigenvalue weighted by molar-refractivity contribution is -0.215. The molecule has 7 rings (SSSR count). The number of carbonyl (C=O) groups excluding carboxylic acids is 12. The Morgan fingerprint density at radius 1 is 0.679 bits per heavy atom. The molecular formula is C79H129F3N12O15. The highest BCUT2D eigenvalue weighted by Crippen LogP contribution is 2.44. The summed E-state index contributed by atoms with van der Waals surface area (Å²) in [5, 5.41) is 5.84. The van der Waals surface area contributed by atoms with Crippen LogP contribution in [0.1, 0.15) is 196 Å². The van der Waals surface area contributed by atoms with E-state index >= 15 is 47.9 Å². The van der Waals surface area contributed by atoms with E-state index in [0.29, 0.717) is 57.3 Å². The van der Waals surface area contributed by atoms with Gasteiger partial charge in [-0.1, -0.05) is 98.6 Å². The Labute approximate surface area is 644 Å². The van der Waals surface area contributed by atoms with Crippen molar-refractivity contribution in [1.82, 2.24) is 59.6 Å². The number of halogens is 3. The SMILES string of the molecule is CCCOC[C@H]1C(=O)N[C@@H]([C@@H](C)CC)C(=O)N(C2CC2)CC(=O)N(C)[C@H]2C/C=C\CCN(C2=O)[C@@H](CC2CCC(C)CC2)C(=O)N(C)CC(=O)N[C@@H](CCC2CCC(C(F)(F)F)C(OC)C2)C(=O)N2C[C@H](OCC)C[C@H]2C(=O)N(C)C2(CCC2)C(=O)N(C)[C@@H](C(CC)CC)C(=O)N(C)[C@H](C(=O)N(C)C)CC(=O)N1C. The molecule has 4 saturated carbocycles. The highest BCUT2D eigenvalue weighted by Gasteiger charge is 2.57. The summed E-state index contributed by atoms with van der Waals surface area (Å²) in [7, 11) is 12.8. The van der Waals surface area contributed by atoms with Crippen LogP contribution in [0.25, 0.3) is 0 Å². The molecule has 0 aromatic rings. The van der Waals surface area contributed by atoms with Gasteiger partial charge in [0.25, 0.3) is 0 Å². The first-order valence-corrected chi connectivity index (χ1v) is 40.3. The molecule has 27 nitrogen and oxygen atoms in total. The third kappa shape index (κ3) is 21.6. The van der Waals surface area contributed by atoms with Crippen LogP contribution < -0.4 is 10.6 Å². The van der Waals surface area contributed by atoms with Gasteiger partial charge in [-0.25, -0.2) is 0 Å².